The van der Waals surface area contributed by atoms with Gasteiger partial charge in [-0.3, -0.25) is 0 Å². The number of thiazole rings is 1. The smallest absolute Gasteiger partial charge is 0.188 e. The van der Waals surface area contributed by atoms with Gasteiger partial charge in [-0.25, -0.2) is 9.67 Å². The molecular weight excluding hydrogens is 308 g/mol. The van der Waals surface area contributed by atoms with Crippen molar-refractivity contribution >= 4 is 26.8 Å². The predicted octanol–water partition coefficient (Wildman–Crippen LogP) is 2.74. The fourth-order valence-electron chi connectivity index (χ4n) is 3.48. The van der Waals surface area contributed by atoms with Gasteiger partial charge in [0.15, 0.2) is 10.8 Å². The Bertz CT molecular complexity index is 849. The molecule has 0 radical (unpaired) electrons. The minimum atomic E-state index is -0.795. The lowest BCUT2D eigenvalue weighted by Gasteiger charge is -2.25. The van der Waals surface area contributed by atoms with Gasteiger partial charge in [0.25, 0.3) is 0 Å². The zero-order chi connectivity index (χ0) is 16.2. The summed E-state index contributed by atoms with van der Waals surface area (Å²) in [6.45, 7) is 5.47. The molecule has 1 N–H and O–H groups in total. The monoisotopic (exact) mass is 328 g/mol. The number of rotatable bonds is 2. The third kappa shape index (κ3) is 2.24. The molecule has 1 saturated heterocycles. The maximum Gasteiger partial charge on any atom is 0.188 e. The molecule has 0 spiro atoms. The van der Waals surface area contributed by atoms with Gasteiger partial charge >= 0.3 is 0 Å². The number of benzene rings is 1. The van der Waals surface area contributed by atoms with E-state index in [4.69, 9.17) is 4.98 Å². The molecule has 1 aliphatic rings. The molecule has 4 rings (SSSR count). The van der Waals surface area contributed by atoms with Crippen molar-refractivity contribution in [3.63, 3.8) is 0 Å². The summed E-state index contributed by atoms with van der Waals surface area (Å²) in [6, 6.07) is 8.10. The highest BCUT2D eigenvalue weighted by molar-refractivity contribution is 7.22. The molecule has 0 bridgehead atoms. The Morgan fingerprint density at radius 2 is 2.04 bits per heavy atom. The highest BCUT2D eigenvalue weighted by Crippen LogP contribution is 2.39. The van der Waals surface area contributed by atoms with E-state index in [1.165, 1.54) is 0 Å². The van der Waals surface area contributed by atoms with Crippen LogP contribution in [0.2, 0.25) is 0 Å². The Morgan fingerprint density at radius 3 is 2.78 bits per heavy atom. The van der Waals surface area contributed by atoms with Crippen LogP contribution < -0.4 is 4.90 Å². The first-order valence-electron chi connectivity index (χ1n) is 7.81. The van der Waals surface area contributed by atoms with E-state index in [0.29, 0.717) is 6.54 Å². The molecule has 1 atom stereocenters. The molecule has 2 aromatic heterocycles. The van der Waals surface area contributed by atoms with E-state index in [0.717, 1.165) is 45.3 Å². The van der Waals surface area contributed by atoms with Gasteiger partial charge in [0, 0.05) is 13.6 Å². The Hall–Kier alpha value is -1.92. The number of nitrogens with zero attached hydrogens (tertiary/aromatic N) is 4. The van der Waals surface area contributed by atoms with Crippen molar-refractivity contribution in [3.8, 4) is 0 Å². The van der Waals surface area contributed by atoms with E-state index in [9.17, 15) is 5.11 Å². The van der Waals surface area contributed by atoms with Gasteiger partial charge < -0.3 is 10.0 Å². The van der Waals surface area contributed by atoms with Crippen LogP contribution in [0, 0.1) is 13.8 Å². The lowest BCUT2D eigenvalue weighted by atomic mass is 9.90. The van der Waals surface area contributed by atoms with Crippen molar-refractivity contribution < 1.29 is 5.11 Å². The van der Waals surface area contributed by atoms with Crippen molar-refractivity contribution in [2.24, 2.45) is 7.05 Å². The number of aliphatic hydroxyl groups is 1. The molecule has 0 aliphatic carbocycles. The third-order valence-electron chi connectivity index (χ3n) is 4.70. The number of β-amino-alcohol motifs (C(OH)–C–C–N with tert-alkyl or cyclic N) is 1. The van der Waals surface area contributed by atoms with E-state index in [2.05, 4.69) is 23.0 Å². The van der Waals surface area contributed by atoms with Crippen LogP contribution in [-0.2, 0) is 12.6 Å². The Labute approximate surface area is 139 Å². The van der Waals surface area contributed by atoms with E-state index in [-0.39, 0.29) is 0 Å². The summed E-state index contributed by atoms with van der Waals surface area (Å²) in [6.07, 6.45) is 0.727. The van der Waals surface area contributed by atoms with Gasteiger partial charge in [0.1, 0.15) is 5.60 Å². The van der Waals surface area contributed by atoms with Crippen molar-refractivity contribution in [1.29, 1.82) is 0 Å². The SMILES string of the molecule is Cc1ccccc1C1(O)CCN(c2nc3c(s2)c(C)nn3C)C1. The van der Waals surface area contributed by atoms with E-state index >= 15 is 0 Å². The van der Waals surface area contributed by atoms with Gasteiger partial charge in [-0.15, -0.1) is 0 Å². The zero-order valence-electron chi connectivity index (χ0n) is 13.6. The Kier molecular flexibility index (Phi) is 3.21. The van der Waals surface area contributed by atoms with Crippen LogP contribution in [0.25, 0.3) is 10.3 Å². The summed E-state index contributed by atoms with van der Waals surface area (Å²) in [4.78, 5) is 6.92. The number of hydrogen-bond donors (Lipinski definition) is 1. The van der Waals surface area contributed by atoms with E-state index in [1.807, 2.05) is 36.9 Å². The molecule has 5 nitrogen and oxygen atoms in total. The van der Waals surface area contributed by atoms with Crippen LogP contribution >= 0.6 is 11.3 Å². The van der Waals surface area contributed by atoms with Crippen molar-refractivity contribution in [3.05, 3.63) is 41.1 Å². The van der Waals surface area contributed by atoms with Crippen LogP contribution in [0.4, 0.5) is 5.13 Å². The number of hydrogen-bond acceptors (Lipinski definition) is 5. The van der Waals surface area contributed by atoms with Crippen molar-refractivity contribution in [2.45, 2.75) is 25.9 Å². The third-order valence-corrected chi connectivity index (χ3v) is 5.91. The second-order valence-corrected chi connectivity index (χ2v) is 7.35. The van der Waals surface area contributed by atoms with Crippen LogP contribution in [0.1, 0.15) is 23.2 Å². The molecule has 0 saturated carbocycles. The lowest BCUT2D eigenvalue weighted by Crippen LogP contribution is -2.31. The Morgan fingerprint density at radius 1 is 1.26 bits per heavy atom. The number of fused-ring (bicyclic) bond motifs is 1. The molecule has 1 aliphatic heterocycles. The second kappa shape index (κ2) is 5.04. The highest BCUT2D eigenvalue weighted by Gasteiger charge is 2.39. The van der Waals surface area contributed by atoms with Gasteiger partial charge in [0.05, 0.1) is 16.9 Å². The average Bonchev–Trinajstić information content (AvgIpc) is 3.17. The van der Waals surface area contributed by atoms with Crippen LogP contribution in [0.3, 0.4) is 0 Å². The first-order chi connectivity index (χ1) is 11.0. The summed E-state index contributed by atoms with van der Waals surface area (Å²) in [5, 5.41) is 16.5. The van der Waals surface area contributed by atoms with E-state index < -0.39 is 5.60 Å². The fraction of sp³-hybridized carbons (Fsp3) is 0.412. The quantitative estimate of drug-likeness (QED) is 0.786. The minimum absolute atomic E-state index is 0.587. The molecule has 6 heteroatoms. The first-order valence-corrected chi connectivity index (χ1v) is 8.63. The number of aromatic nitrogens is 3. The summed E-state index contributed by atoms with van der Waals surface area (Å²) >= 11 is 1.66. The van der Waals surface area contributed by atoms with Gasteiger partial charge in [-0.05, 0) is 31.4 Å². The number of anilines is 1. The van der Waals surface area contributed by atoms with Crippen molar-refractivity contribution in [2.75, 3.05) is 18.0 Å². The molecule has 23 heavy (non-hydrogen) atoms. The molecule has 1 unspecified atom stereocenters. The summed E-state index contributed by atoms with van der Waals surface area (Å²) in [5.41, 5.74) is 3.31. The molecular formula is C17H20N4OS. The predicted molar refractivity (Wildman–Crippen MR) is 93.0 cm³/mol. The summed E-state index contributed by atoms with van der Waals surface area (Å²) < 4.78 is 2.96. The zero-order valence-corrected chi connectivity index (χ0v) is 14.4. The summed E-state index contributed by atoms with van der Waals surface area (Å²) in [7, 11) is 1.92. The van der Waals surface area contributed by atoms with Crippen LogP contribution in [0.5, 0.6) is 0 Å². The topological polar surface area (TPSA) is 54.2 Å². The fourth-order valence-corrected chi connectivity index (χ4v) is 4.54. The maximum absolute atomic E-state index is 11.1. The second-order valence-electron chi connectivity index (χ2n) is 6.38. The first kappa shape index (κ1) is 14.7. The van der Waals surface area contributed by atoms with E-state index in [1.54, 1.807) is 11.3 Å². The largest absolute Gasteiger partial charge is 0.383 e. The molecule has 1 aromatic carbocycles. The Balaban J connectivity index is 1.67. The molecule has 3 heterocycles. The van der Waals surface area contributed by atoms with Gasteiger partial charge in [0.2, 0.25) is 0 Å². The lowest BCUT2D eigenvalue weighted by molar-refractivity contribution is 0.0600. The molecule has 120 valence electrons. The van der Waals surface area contributed by atoms with Crippen LogP contribution in [0.15, 0.2) is 24.3 Å². The van der Waals surface area contributed by atoms with Crippen LogP contribution in [-0.4, -0.2) is 33.0 Å². The molecule has 0 amide bonds. The highest BCUT2D eigenvalue weighted by atomic mass is 32.1. The standard InChI is InChI=1S/C17H20N4OS/c1-11-6-4-5-7-13(11)17(22)8-9-21(10-17)16-18-15-14(23-16)12(2)19-20(15)3/h4-7,22H,8-10H2,1-3H3. The average molecular weight is 328 g/mol. The summed E-state index contributed by atoms with van der Waals surface area (Å²) in [5.74, 6) is 0. The minimum Gasteiger partial charge on any atom is -0.383 e. The maximum atomic E-state index is 11.1. The normalized spacial score (nSPS) is 21.5. The van der Waals surface area contributed by atoms with Crippen molar-refractivity contribution in [1.82, 2.24) is 14.8 Å². The van der Waals surface area contributed by atoms with Gasteiger partial charge in [-0.1, -0.05) is 35.6 Å². The number of aryl methyl sites for hydroxylation is 3. The molecule has 3 aromatic rings. The van der Waals surface area contributed by atoms with Gasteiger partial charge in [-0.2, -0.15) is 5.10 Å². The molecule has 1 fully saturated rings.